The third-order valence-electron chi connectivity index (χ3n) is 5.59. The molecule has 1 aliphatic heterocycles. The summed E-state index contributed by atoms with van der Waals surface area (Å²) >= 11 is 1.39. The molecule has 3 N–H and O–H groups in total. The number of H-pyrrole nitrogens is 1. The van der Waals surface area contributed by atoms with Crippen molar-refractivity contribution in [2.75, 3.05) is 15.5 Å². The molecule has 0 radical (unpaired) electrons. The minimum Gasteiger partial charge on any atom is -0.361 e. The van der Waals surface area contributed by atoms with Crippen molar-refractivity contribution in [3.63, 3.8) is 0 Å². The SMILES string of the molecule is N#CCC1Sc2ccc(NC(=O)Nc3ccc4cc[nH]c4c3)cc2N(Cc2ccccc2)C1=O. The molecule has 0 aliphatic carbocycles. The first-order valence-corrected chi connectivity index (χ1v) is 11.7. The van der Waals surface area contributed by atoms with E-state index in [0.717, 1.165) is 27.0 Å². The van der Waals surface area contributed by atoms with Gasteiger partial charge in [0, 0.05) is 28.0 Å². The van der Waals surface area contributed by atoms with E-state index in [1.165, 1.54) is 11.8 Å². The zero-order chi connectivity index (χ0) is 23.5. The average Bonchev–Trinajstić information content (AvgIpc) is 3.31. The minimum absolute atomic E-state index is 0.108. The Morgan fingerprint density at radius 3 is 2.59 bits per heavy atom. The van der Waals surface area contributed by atoms with Crippen molar-refractivity contribution in [2.24, 2.45) is 0 Å². The second kappa shape index (κ2) is 9.33. The highest BCUT2D eigenvalue weighted by Crippen LogP contribution is 2.42. The van der Waals surface area contributed by atoms with Crippen LogP contribution in [0.25, 0.3) is 10.9 Å². The molecule has 3 amide bonds. The number of rotatable bonds is 5. The molecule has 5 rings (SSSR count). The van der Waals surface area contributed by atoms with E-state index in [2.05, 4.69) is 21.7 Å². The number of nitrogens with zero attached hydrogens (tertiary/aromatic N) is 2. The van der Waals surface area contributed by atoms with E-state index in [1.807, 2.05) is 66.9 Å². The molecule has 0 bridgehead atoms. The van der Waals surface area contributed by atoms with Crippen LogP contribution < -0.4 is 15.5 Å². The number of carbonyl (C=O) groups excluding carboxylic acids is 2. The second-order valence-corrected chi connectivity index (χ2v) is 9.16. The predicted octanol–water partition coefficient (Wildman–Crippen LogP) is 5.73. The number of amides is 3. The molecule has 0 saturated heterocycles. The molecule has 1 unspecified atom stereocenters. The standard InChI is InChI=1S/C26H21N5O2S/c27-12-10-24-25(32)31(16-17-4-2-1-3-5-17)22-15-20(8-9-23(22)34-24)30-26(33)29-19-7-6-18-11-13-28-21(18)14-19/h1-9,11,13-15,24,28H,10,16H2,(H2,29,30,33). The summed E-state index contributed by atoms with van der Waals surface area (Å²) in [6.45, 7) is 0.390. The van der Waals surface area contributed by atoms with Crippen molar-refractivity contribution in [2.45, 2.75) is 23.1 Å². The number of benzene rings is 3. The Balaban J connectivity index is 1.38. The van der Waals surface area contributed by atoms with Gasteiger partial charge in [0.05, 0.1) is 24.7 Å². The van der Waals surface area contributed by atoms with Crippen LogP contribution in [0.3, 0.4) is 0 Å². The highest BCUT2D eigenvalue weighted by molar-refractivity contribution is 8.01. The number of aromatic nitrogens is 1. The fourth-order valence-electron chi connectivity index (χ4n) is 3.96. The maximum atomic E-state index is 13.2. The fraction of sp³-hybridized carbons (Fsp3) is 0.115. The van der Waals surface area contributed by atoms with Gasteiger partial charge < -0.3 is 20.5 Å². The lowest BCUT2D eigenvalue weighted by Crippen LogP contribution is -2.40. The van der Waals surface area contributed by atoms with Crippen LogP contribution in [0.1, 0.15) is 12.0 Å². The number of carbonyl (C=O) groups is 2. The average molecular weight is 468 g/mol. The van der Waals surface area contributed by atoms with E-state index in [-0.39, 0.29) is 18.4 Å². The summed E-state index contributed by atoms with van der Waals surface area (Å²) in [5.41, 5.74) is 3.88. The summed E-state index contributed by atoms with van der Waals surface area (Å²) in [4.78, 5) is 31.6. The molecular formula is C26H21N5O2S. The molecule has 0 saturated carbocycles. The van der Waals surface area contributed by atoms with Crippen LogP contribution in [0.2, 0.25) is 0 Å². The molecule has 3 aromatic carbocycles. The zero-order valence-electron chi connectivity index (χ0n) is 18.1. The van der Waals surface area contributed by atoms with Crippen LogP contribution in [0.4, 0.5) is 21.9 Å². The van der Waals surface area contributed by atoms with Crippen molar-refractivity contribution in [3.05, 3.63) is 84.6 Å². The first-order chi connectivity index (χ1) is 16.6. The zero-order valence-corrected chi connectivity index (χ0v) is 18.9. The third-order valence-corrected chi connectivity index (χ3v) is 6.84. The molecule has 168 valence electrons. The lowest BCUT2D eigenvalue weighted by molar-refractivity contribution is -0.118. The number of anilines is 3. The molecule has 7 nitrogen and oxygen atoms in total. The van der Waals surface area contributed by atoms with Gasteiger partial charge in [0.15, 0.2) is 0 Å². The van der Waals surface area contributed by atoms with E-state index < -0.39 is 5.25 Å². The predicted molar refractivity (Wildman–Crippen MR) is 135 cm³/mol. The van der Waals surface area contributed by atoms with Gasteiger partial charge in [-0.1, -0.05) is 36.4 Å². The number of nitrogens with one attached hydrogen (secondary N) is 3. The summed E-state index contributed by atoms with van der Waals surface area (Å²) in [6, 6.07) is 24.6. The number of fused-ring (bicyclic) bond motifs is 2. The molecule has 1 aliphatic rings. The van der Waals surface area contributed by atoms with Gasteiger partial charge >= 0.3 is 6.03 Å². The number of nitriles is 1. The van der Waals surface area contributed by atoms with Crippen LogP contribution in [0.15, 0.2) is 83.9 Å². The van der Waals surface area contributed by atoms with Crippen molar-refractivity contribution < 1.29 is 9.59 Å². The van der Waals surface area contributed by atoms with Crippen LogP contribution in [-0.4, -0.2) is 22.2 Å². The van der Waals surface area contributed by atoms with Crippen LogP contribution in [0.5, 0.6) is 0 Å². The van der Waals surface area contributed by atoms with E-state index >= 15 is 0 Å². The molecule has 1 atom stereocenters. The Morgan fingerprint density at radius 2 is 1.79 bits per heavy atom. The highest BCUT2D eigenvalue weighted by atomic mass is 32.2. The van der Waals surface area contributed by atoms with Gasteiger partial charge in [0.25, 0.3) is 0 Å². The van der Waals surface area contributed by atoms with E-state index in [4.69, 9.17) is 0 Å². The first-order valence-electron chi connectivity index (χ1n) is 10.8. The van der Waals surface area contributed by atoms with Crippen LogP contribution in [-0.2, 0) is 11.3 Å². The Hall–Kier alpha value is -4.22. The lowest BCUT2D eigenvalue weighted by atomic mass is 10.1. The number of thioether (sulfide) groups is 1. The molecule has 8 heteroatoms. The normalized spacial score (nSPS) is 15.0. The van der Waals surface area contributed by atoms with Gasteiger partial charge in [0.1, 0.15) is 5.25 Å². The van der Waals surface area contributed by atoms with Gasteiger partial charge in [0.2, 0.25) is 5.91 Å². The van der Waals surface area contributed by atoms with E-state index in [1.54, 1.807) is 17.0 Å². The fourth-order valence-corrected chi connectivity index (χ4v) is 5.09. The monoisotopic (exact) mass is 467 g/mol. The van der Waals surface area contributed by atoms with Gasteiger partial charge in [-0.25, -0.2) is 4.79 Å². The Morgan fingerprint density at radius 1 is 1.03 bits per heavy atom. The minimum atomic E-state index is -0.453. The molecule has 4 aromatic rings. The number of hydrogen-bond acceptors (Lipinski definition) is 4. The highest BCUT2D eigenvalue weighted by Gasteiger charge is 2.33. The van der Waals surface area contributed by atoms with Crippen LogP contribution >= 0.6 is 11.8 Å². The quantitative estimate of drug-likeness (QED) is 0.349. The van der Waals surface area contributed by atoms with Crippen molar-refractivity contribution in [3.8, 4) is 6.07 Å². The van der Waals surface area contributed by atoms with Gasteiger partial charge in [-0.3, -0.25) is 4.79 Å². The topological polar surface area (TPSA) is 101 Å². The summed E-state index contributed by atoms with van der Waals surface area (Å²) in [6.07, 6.45) is 1.99. The Bertz CT molecular complexity index is 1410. The van der Waals surface area contributed by atoms with E-state index in [9.17, 15) is 14.9 Å². The molecular weight excluding hydrogens is 446 g/mol. The van der Waals surface area contributed by atoms with Gasteiger partial charge in [-0.05, 0) is 47.3 Å². The molecule has 34 heavy (non-hydrogen) atoms. The van der Waals surface area contributed by atoms with Crippen molar-refractivity contribution >= 4 is 51.7 Å². The van der Waals surface area contributed by atoms with E-state index in [0.29, 0.717) is 17.9 Å². The van der Waals surface area contributed by atoms with Gasteiger partial charge in [-0.15, -0.1) is 11.8 Å². The molecule has 2 heterocycles. The number of aromatic amines is 1. The Kier molecular flexibility index (Phi) is 5.93. The van der Waals surface area contributed by atoms with Crippen molar-refractivity contribution in [1.29, 1.82) is 5.26 Å². The van der Waals surface area contributed by atoms with Crippen molar-refractivity contribution in [1.82, 2.24) is 4.98 Å². The maximum Gasteiger partial charge on any atom is 0.323 e. The Labute approximate surface area is 200 Å². The second-order valence-electron chi connectivity index (χ2n) is 7.92. The first kappa shape index (κ1) is 21.6. The number of hydrogen-bond donors (Lipinski definition) is 3. The molecule has 1 aromatic heterocycles. The summed E-state index contributed by atoms with van der Waals surface area (Å²) in [5.74, 6) is -0.108. The third kappa shape index (κ3) is 4.47. The molecule has 0 fully saturated rings. The molecule has 0 spiro atoms. The lowest BCUT2D eigenvalue weighted by Gasteiger charge is -2.33. The summed E-state index contributed by atoms with van der Waals surface area (Å²) in [7, 11) is 0. The smallest absolute Gasteiger partial charge is 0.323 e. The maximum absolute atomic E-state index is 13.2. The summed E-state index contributed by atoms with van der Waals surface area (Å²) in [5, 5.41) is 15.5. The largest absolute Gasteiger partial charge is 0.361 e. The number of urea groups is 1. The summed E-state index contributed by atoms with van der Waals surface area (Å²) < 4.78 is 0. The van der Waals surface area contributed by atoms with Gasteiger partial charge in [-0.2, -0.15) is 5.26 Å². The van der Waals surface area contributed by atoms with Crippen LogP contribution in [0, 0.1) is 11.3 Å².